The van der Waals surface area contributed by atoms with E-state index in [0.717, 1.165) is 15.0 Å². The third-order valence-corrected chi connectivity index (χ3v) is 4.40. The zero-order valence-electron chi connectivity index (χ0n) is 11.2. The van der Waals surface area contributed by atoms with E-state index in [4.69, 9.17) is 0 Å². The van der Waals surface area contributed by atoms with Gasteiger partial charge in [-0.25, -0.2) is 0 Å². The molecule has 2 nitrogen and oxygen atoms in total. The van der Waals surface area contributed by atoms with E-state index in [1.807, 2.05) is 30.3 Å². The molecular weight excluding hydrogens is 322 g/mol. The second kappa shape index (κ2) is 5.47. The van der Waals surface area contributed by atoms with Crippen molar-refractivity contribution in [1.82, 2.24) is 0 Å². The molecule has 0 aliphatic heterocycles. The highest BCUT2D eigenvalue weighted by atomic mass is 79.9. The minimum Gasteiger partial charge on any atom is -0.321 e. The van der Waals surface area contributed by atoms with Crippen molar-refractivity contribution in [3.8, 4) is 0 Å². The molecule has 1 heterocycles. The minimum atomic E-state index is -0.0626. The molecule has 0 unspecified atom stereocenters. The van der Waals surface area contributed by atoms with Crippen LogP contribution in [0.3, 0.4) is 0 Å². The number of carbonyl (C=O) groups is 1. The molecule has 0 saturated carbocycles. The van der Waals surface area contributed by atoms with Gasteiger partial charge < -0.3 is 5.32 Å². The summed E-state index contributed by atoms with van der Waals surface area (Å²) in [5.41, 5.74) is 2.02. The molecular formula is C15H16BrNOS. The van der Waals surface area contributed by atoms with Crippen molar-refractivity contribution in [2.45, 2.75) is 26.2 Å². The van der Waals surface area contributed by atoms with E-state index in [1.54, 1.807) is 0 Å². The Bertz CT molecular complexity index is 598. The smallest absolute Gasteiger partial charge is 0.265 e. The number of thiophene rings is 1. The van der Waals surface area contributed by atoms with Gasteiger partial charge >= 0.3 is 0 Å². The van der Waals surface area contributed by atoms with E-state index in [-0.39, 0.29) is 11.3 Å². The van der Waals surface area contributed by atoms with Gasteiger partial charge in [-0.05, 0) is 45.1 Å². The van der Waals surface area contributed by atoms with Crippen molar-refractivity contribution in [2.75, 3.05) is 5.32 Å². The number of amides is 1. The number of rotatable bonds is 2. The zero-order chi connectivity index (χ0) is 14.0. The van der Waals surface area contributed by atoms with E-state index in [0.29, 0.717) is 4.88 Å². The van der Waals surface area contributed by atoms with Gasteiger partial charge in [0.15, 0.2) is 0 Å². The fraction of sp³-hybridized carbons (Fsp3) is 0.267. The summed E-state index contributed by atoms with van der Waals surface area (Å²) in [6.45, 7) is 6.42. The lowest BCUT2D eigenvalue weighted by Crippen LogP contribution is -2.18. The topological polar surface area (TPSA) is 29.1 Å². The number of hydrogen-bond donors (Lipinski definition) is 1. The molecule has 0 bridgehead atoms. The van der Waals surface area contributed by atoms with Gasteiger partial charge in [-0.15, -0.1) is 11.3 Å². The van der Waals surface area contributed by atoms with Crippen LogP contribution in [-0.2, 0) is 5.41 Å². The summed E-state index contributed by atoms with van der Waals surface area (Å²) in [4.78, 5) is 12.9. The van der Waals surface area contributed by atoms with Gasteiger partial charge in [0.25, 0.3) is 5.91 Å². The number of para-hydroxylation sites is 1. The molecule has 2 rings (SSSR count). The normalized spacial score (nSPS) is 11.4. The zero-order valence-corrected chi connectivity index (χ0v) is 13.6. The van der Waals surface area contributed by atoms with Crippen molar-refractivity contribution in [3.05, 3.63) is 50.6 Å². The third kappa shape index (κ3) is 3.45. The van der Waals surface area contributed by atoms with Gasteiger partial charge in [0.1, 0.15) is 0 Å². The summed E-state index contributed by atoms with van der Waals surface area (Å²) in [7, 11) is 0. The molecule has 1 N–H and O–H groups in total. The maximum atomic E-state index is 12.2. The lowest BCUT2D eigenvalue weighted by atomic mass is 9.86. The van der Waals surface area contributed by atoms with Crippen LogP contribution in [0.5, 0.6) is 0 Å². The summed E-state index contributed by atoms with van der Waals surface area (Å²) < 4.78 is 0.960. The Kier molecular flexibility index (Phi) is 4.11. The van der Waals surface area contributed by atoms with Gasteiger partial charge in [0.2, 0.25) is 0 Å². The predicted molar refractivity (Wildman–Crippen MR) is 85.1 cm³/mol. The highest BCUT2D eigenvalue weighted by Gasteiger charge is 2.19. The Morgan fingerprint density at radius 1 is 1.16 bits per heavy atom. The first-order valence-electron chi connectivity index (χ1n) is 6.04. The number of benzene rings is 1. The third-order valence-electron chi connectivity index (χ3n) is 2.78. The maximum absolute atomic E-state index is 12.2. The molecule has 0 atom stereocenters. The molecule has 19 heavy (non-hydrogen) atoms. The van der Waals surface area contributed by atoms with Crippen molar-refractivity contribution < 1.29 is 4.79 Å². The van der Waals surface area contributed by atoms with E-state index >= 15 is 0 Å². The molecule has 0 saturated heterocycles. The predicted octanol–water partition coefficient (Wildman–Crippen LogP) is 5.06. The van der Waals surface area contributed by atoms with E-state index in [2.05, 4.69) is 48.1 Å². The summed E-state index contributed by atoms with van der Waals surface area (Å²) in [5, 5.41) is 3.00. The fourth-order valence-electron chi connectivity index (χ4n) is 1.87. The highest BCUT2D eigenvalue weighted by Crippen LogP contribution is 2.30. The van der Waals surface area contributed by atoms with Crippen LogP contribution in [0.1, 0.15) is 36.0 Å². The number of halogens is 1. The van der Waals surface area contributed by atoms with Crippen LogP contribution in [0.15, 0.2) is 40.2 Å². The molecule has 0 aliphatic rings. The van der Waals surface area contributed by atoms with Gasteiger partial charge in [-0.3, -0.25) is 4.79 Å². The van der Waals surface area contributed by atoms with Crippen molar-refractivity contribution in [2.24, 2.45) is 0 Å². The first kappa shape index (κ1) is 14.3. The second-order valence-electron chi connectivity index (χ2n) is 5.35. The molecule has 2 aromatic rings. The van der Waals surface area contributed by atoms with Gasteiger partial charge in [-0.2, -0.15) is 0 Å². The Hall–Kier alpha value is -1.13. The summed E-state index contributed by atoms with van der Waals surface area (Å²) in [6, 6.07) is 11.6. The molecule has 0 spiro atoms. The molecule has 0 aliphatic carbocycles. The summed E-state index contributed by atoms with van der Waals surface area (Å²) in [6.07, 6.45) is 0. The largest absolute Gasteiger partial charge is 0.321 e. The first-order valence-corrected chi connectivity index (χ1v) is 7.65. The minimum absolute atomic E-state index is 0.0000928. The van der Waals surface area contributed by atoms with Crippen LogP contribution in [0.25, 0.3) is 0 Å². The van der Waals surface area contributed by atoms with Crippen LogP contribution in [0, 0.1) is 0 Å². The lowest BCUT2D eigenvalue weighted by Gasteiger charge is -2.22. The molecule has 1 aromatic heterocycles. The average molecular weight is 338 g/mol. The van der Waals surface area contributed by atoms with E-state index in [1.165, 1.54) is 11.3 Å². The first-order chi connectivity index (χ1) is 8.88. The number of hydrogen-bond acceptors (Lipinski definition) is 2. The molecule has 0 radical (unpaired) electrons. The Labute approximate surface area is 126 Å². The molecule has 4 heteroatoms. The van der Waals surface area contributed by atoms with E-state index < -0.39 is 0 Å². The van der Waals surface area contributed by atoms with Crippen molar-refractivity contribution in [1.29, 1.82) is 0 Å². The fourth-order valence-corrected chi connectivity index (χ4v) is 3.15. The molecule has 0 fully saturated rings. The molecule has 100 valence electrons. The number of nitrogens with one attached hydrogen (secondary N) is 1. The second-order valence-corrected chi connectivity index (χ2v) is 7.82. The Balaban J connectivity index is 2.27. The van der Waals surface area contributed by atoms with Crippen molar-refractivity contribution in [3.63, 3.8) is 0 Å². The average Bonchev–Trinajstić information content (AvgIpc) is 2.75. The Morgan fingerprint density at radius 3 is 2.42 bits per heavy atom. The monoisotopic (exact) mass is 337 g/mol. The lowest BCUT2D eigenvalue weighted by molar-refractivity contribution is 0.103. The standard InChI is InChI=1S/C15H16BrNOS/c1-15(2,3)10-6-4-5-7-11(10)17-14(18)12-8-9-13(16)19-12/h4-9H,1-3H3,(H,17,18). The molecule has 1 aromatic carbocycles. The number of anilines is 1. The van der Waals surface area contributed by atoms with Gasteiger partial charge in [-0.1, -0.05) is 39.0 Å². The maximum Gasteiger partial charge on any atom is 0.265 e. The van der Waals surface area contributed by atoms with Crippen LogP contribution in [0.4, 0.5) is 5.69 Å². The Morgan fingerprint density at radius 2 is 1.84 bits per heavy atom. The van der Waals surface area contributed by atoms with Crippen LogP contribution in [0.2, 0.25) is 0 Å². The SMILES string of the molecule is CC(C)(C)c1ccccc1NC(=O)c1ccc(Br)s1. The van der Waals surface area contributed by atoms with Crippen molar-refractivity contribution >= 4 is 38.9 Å². The van der Waals surface area contributed by atoms with Gasteiger partial charge in [0.05, 0.1) is 8.66 Å². The van der Waals surface area contributed by atoms with Crippen LogP contribution >= 0.6 is 27.3 Å². The van der Waals surface area contributed by atoms with Gasteiger partial charge in [0, 0.05) is 5.69 Å². The van der Waals surface area contributed by atoms with Crippen LogP contribution in [-0.4, -0.2) is 5.91 Å². The highest BCUT2D eigenvalue weighted by molar-refractivity contribution is 9.11. The summed E-state index contributed by atoms with van der Waals surface area (Å²) in [5.74, 6) is -0.0626. The van der Waals surface area contributed by atoms with E-state index in [9.17, 15) is 4.79 Å². The van der Waals surface area contributed by atoms with Crippen LogP contribution < -0.4 is 5.32 Å². The quantitative estimate of drug-likeness (QED) is 0.815. The molecule has 1 amide bonds. The summed E-state index contributed by atoms with van der Waals surface area (Å²) >= 11 is 4.80. The number of carbonyl (C=O) groups excluding carboxylic acids is 1.